The molecule has 6 heteroatoms. The molecule has 3 rings (SSSR count). The second-order valence-corrected chi connectivity index (χ2v) is 6.66. The number of nitrogens with zero attached hydrogens (tertiary/aromatic N) is 4. The number of rotatable bonds is 2. The molecule has 0 atom stereocenters. The maximum Gasteiger partial charge on any atom is 0.167 e. The van der Waals surface area contributed by atoms with Gasteiger partial charge in [0.15, 0.2) is 5.69 Å². The van der Waals surface area contributed by atoms with E-state index in [0.717, 1.165) is 35.1 Å². The molecule has 21 heavy (non-hydrogen) atoms. The van der Waals surface area contributed by atoms with Crippen molar-refractivity contribution in [3.8, 4) is 6.07 Å². The van der Waals surface area contributed by atoms with Crippen LogP contribution in [0, 0.1) is 11.3 Å². The number of benzene rings is 1. The van der Waals surface area contributed by atoms with E-state index < -0.39 is 0 Å². The molecule has 108 valence electrons. The lowest BCUT2D eigenvalue weighted by atomic mass is 10.1. The number of aromatic nitrogens is 2. The van der Waals surface area contributed by atoms with Crippen LogP contribution in [0.4, 0.5) is 0 Å². The van der Waals surface area contributed by atoms with Gasteiger partial charge in [-0.15, -0.1) is 0 Å². The highest BCUT2D eigenvalue weighted by Gasteiger charge is 2.23. The van der Waals surface area contributed by atoms with Gasteiger partial charge in [0.1, 0.15) is 6.07 Å². The molecular weight excluding hydrogens is 352 g/mol. The molecule has 1 aliphatic rings. The van der Waals surface area contributed by atoms with Crippen LogP contribution in [0.5, 0.6) is 0 Å². The smallest absolute Gasteiger partial charge is 0.167 e. The van der Waals surface area contributed by atoms with Crippen molar-refractivity contribution in [2.45, 2.75) is 19.5 Å². The summed E-state index contributed by atoms with van der Waals surface area (Å²) in [5.74, 6) is 0. The zero-order chi connectivity index (χ0) is 15.0. The monoisotopic (exact) mass is 364 g/mol. The summed E-state index contributed by atoms with van der Waals surface area (Å²) in [6.45, 7) is 2.41. The predicted molar refractivity (Wildman–Crippen MR) is 85.2 cm³/mol. The van der Waals surface area contributed by atoms with Crippen LogP contribution in [0.1, 0.15) is 22.5 Å². The Morgan fingerprint density at radius 1 is 1.43 bits per heavy atom. The van der Waals surface area contributed by atoms with E-state index in [1.54, 1.807) is 0 Å². The van der Waals surface area contributed by atoms with Crippen LogP contribution in [0.2, 0.25) is 5.02 Å². The lowest BCUT2D eigenvalue weighted by molar-refractivity contribution is 0.308. The first-order valence-corrected chi connectivity index (χ1v) is 7.86. The highest BCUT2D eigenvalue weighted by molar-refractivity contribution is 9.10. The normalized spacial score (nSPS) is 14.8. The van der Waals surface area contributed by atoms with E-state index in [-0.39, 0.29) is 0 Å². The molecule has 0 unspecified atom stereocenters. The molecule has 1 aromatic heterocycles. The Kier molecular flexibility index (Phi) is 4.03. The molecule has 0 radical (unpaired) electrons. The second kappa shape index (κ2) is 5.80. The molecule has 0 saturated carbocycles. The van der Waals surface area contributed by atoms with E-state index in [4.69, 9.17) is 11.6 Å². The van der Waals surface area contributed by atoms with Gasteiger partial charge in [0, 0.05) is 40.3 Å². The quantitative estimate of drug-likeness (QED) is 0.821. The zero-order valence-corrected chi connectivity index (χ0v) is 13.9. The average molecular weight is 366 g/mol. The summed E-state index contributed by atoms with van der Waals surface area (Å²) in [6, 6.07) is 8.03. The van der Waals surface area contributed by atoms with Gasteiger partial charge in [0.25, 0.3) is 0 Å². The molecule has 0 bridgehead atoms. The minimum atomic E-state index is 0.539. The highest BCUT2D eigenvalue weighted by atomic mass is 79.9. The number of likely N-dealkylation sites (N-methyl/N-ethyl adjacent to an activating group) is 1. The van der Waals surface area contributed by atoms with Crippen LogP contribution in [-0.2, 0) is 19.5 Å². The Hall–Kier alpha value is -1.35. The fourth-order valence-corrected chi connectivity index (χ4v) is 3.65. The summed E-state index contributed by atoms with van der Waals surface area (Å²) >= 11 is 9.55. The minimum absolute atomic E-state index is 0.539. The summed E-state index contributed by atoms with van der Waals surface area (Å²) in [5, 5.41) is 14.4. The first kappa shape index (κ1) is 14.6. The van der Waals surface area contributed by atoms with Gasteiger partial charge >= 0.3 is 0 Å². The fourth-order valence-electron chi connectivity index (χ4n) is 2.72. The lowest BCUT2D eigenvalue weighted by Gasteiger charge is -2.23. The first-order chi connectivity index (χ1) is 10.1. The van der Waals surface area contributed by atoms with Gasteiger partial charge in [-0.1, -0.05) is 27.5 Å². The number of fused-ring (bicyclic) bond motifs is 1. The van der Waals surface area contributed by atoms with Crippen molar-refractivity contribution in [3.63, 3.8) is 0 Å². The first-order valence-electron chi connectivity index (χ1n) is 6.69. The van der Waals surface area contributed by atoms with Gasteiger partial charge in [0.2, 0.25) is 0 Å². The Morgan fingerprint density at radius 3 is 2.95 bits per heavy atom. The summed E-state index contributed by atoms with van der Waals surface area (Å²) in [6.07, 6.45) is 0.919. The molecule has 0 fully saturated rings. The molecule has 0 amide bonds. The van der Waals surface area contributed by atoms with Gasteiger partial charge in [-0.2, -0.15) is 10.4 Å². The lowest BCUT2D eigenvalue weighted by Crippen LogP contribution is -2.27. The van der Waals surface area contributed by atoms with E-state index in [1.165, 1.54) is 5.69 Å². The fraction of sp³-hybridized carbons (Fsp3) is 0.333. The van der Waals surface area contributed by atoms with Crippen molar-refractivity contribution in [2.24, 2.45) is 0 Å². The van der Waals surface area contributed by atoms with Crippen molar-refractivity contribution in [2.75, 3.05) is 13.6 Å². The number of hydrogen-bond acceptors (Lipinski definition) is 3. The summed E-state index contributed by atoms with van der Waals surface area (Å²) in [4.78, 5) is 2.21. The molecule has 1 aliphatic heterocycles. The van der Waals surface area contributed by atoms with Gasteiger partial charge in [-0.25, -0.2) is 0 Å². The van der Waals surface area contributed by atoms with E-state index >= 15 is 0 Å². The summed E-state index contributed by atoms with van der Waals surface area (Å²) < 4.78 is 2.89. The number of halogens is 2. The van der Waals surface area contributed by atoms with E-state index in [2.05, 4.69) is 39.0 Å². The van der Waals surface area contributed by atoms with E-state index in [9.17, 15) is 5.26 Å². The van der Waals surface area contributed by atoms with Gasteiger partial charge in [-0.05, 0) is 30.8 Å². The standard InChI is InChI=1S/C15H14BrClN4/c1-20-3-2-15-13(9-20)14(7-18)19-21(15)8-10-4-11(16)6-12(17)5-10/h4-6H,2-3,8-9H2,1H3. The Labute approximate surface area is 137 Å². The van der Waals surface area contributed by atoms with Crippen LogP contribution in [0.25, 0.3) is 0 Å². The van der Waals surface area contributed by atoms with Gasteiger partial charge < -0.3 is 4.90 Å². The van der Waals surface area contributed by atoms with Crippen molar-refractivity contribution >= 4 is 27.5 Å². The molecule has 2 heterocycles. The van der Waals surface area contributed by atoms with Crippen LogP contribution in [0.3, 0.4) is 0 Å². The molecule has 2 aromatic rings. The van der Waals surface area contributed by atoms with Crippen molar-refractivity contribution in [1.82, 2.24) is 14.7 Å². The van der Waals surface area contributed by atoms with Crippen LogP contribution in [0.15, 0.2) is 22.7 Å². The minimum Gasteiger partial charge on any atom is -0.302 e. The van der Waals surface area contributed by atoms with Crippen molar-refractivity contribution in [1.29, 1.82) is 5.26 Å². The van der Waals surface area contributed by atoms with E-state index in [0.29, 0.717) is 17.3 Å². The summed E-state index contributed by atoms with van der Waals surface area (Å²) in [7, 11) is 2.06. The predicted octanol–water partition coefficient (Wildman–Crippen LogP) is 3.21. The maximum absolute atomic E-state index is 9.27. The number of nitriles is 1. The van der Waals surface area contributed by atoms with Gasteiger partial charge in [-0.3, -0.25) is 4.68 Å². The molecule has 4 nitrogen and oxygen atoms in total. The maximum atomic E-state index is 9.27. The van der Waals surface area contributed by atoms with Crippen molar-refractivity contribution < 1.29 is 0 Å². The van der Waals surface area contributed by atoms with E-state index in [1.807, 2.05) is 22.9 Å². The average Bonchev–Trinajstić information content (AvgIpc) is 2.75. The third-order valence-corrected chi connectivity index (χ3v) is 4.36. The third kappa shape index (κ3) is 2.98. The molecule has 0 spiro atoms. The largest absolute Gasteiger partial charge is 0.302 e. The number of hydrogen-bond donors (Lipinski definition) is 0. The Balaban J connectivity index is 1.98. The van der Waals surface area contributed by atoms with Crippen LogP contribution >= 0.6 is 27.5 Å². The molecule has 0 N–H and O–H groups in total. The molecule has 0 aliphatic carbocycles. The van der Waals surface area contributed by atoms with Crippen LogP contribution in [-0.4, -0.2) is 28.3 Å². The Bertz CT molecular complexity index is 712. The molecular formula is C15H14BrClN4. The summed E-state index contributed by atoms with van der Waals surface area (Å²) in [5.41, 5.74) is 3.84. The Morgan fingerprint density at radius 2 is 2.24 bits per heavy atom. The topological polar surface area (TPSA) is 44.9 Å². The molecule has 0 saturated heterocycles. The third-order valence-electron chi connectivity index (χ3n) is 3.69. The SMILES string of the molecule is CN1CCc2c(c(C#N)nn2Cc2cc(Cl)cc(Br)c2)C1. The second-order valence-electron chi connectivity index (χ2n) is 5.31. The van der Waals surface area contributed by atoms with Gasteiger partial charge in [0.05, 0.1) is 6.54 Å². The molecule has 1 aromatic carbocycles. The van der Waals surface area contributed by atoms with Crippen molar-refractivity contribution in [3.05, 3.63) is 50.2 Å². The van der Waals surface area contributed by atoms with Crippen LogP contribution < -0.4 is 0 Å². The highest BCUT2D eigenvalue weighted by Crippen LogP contribution is 2.24. The zero-order valence-electron chi connectivity index (χ0n) is 11.6.